The highest BCUT2D eigenvalue weighted by molar-refractivity contribution is 5.86. The monoisotopic (exact) mass is 329 g/mol. The van der Waals surface area contributed by atoms with Crippen LogP contribution in [0.4, 0.5) is 0 Å². The average Bonchev–Trinajstić information content (AvgIpc) is 2.38. The summed E-state index contributed by atoms with van der Waals surface area (Å²) in [5, 5.41) is 0. The lowest BCUT2D eigenvalue weighted by molar-refractivity contribution is -0.153. The van der Waals surface area contributed by atoms with Crippen molar-refractivity contribution < 1.29 is 23.9 Å². The number of hydrogen-bond donors (Lipinski definition) is 0. The molecule has 6 heteroatoms. The van der Waals surface area contributed by atoms with Gasteiger partial charge in [-0.3, -0.25) is 19.3 Å². The molecule has 0 aromatic carbocycles. The van der Waals surface area contributed by atoms with Crippen LogP contribution in [0.25, 0.3) is 0 Å². The molecular weight excluding hydrogens is 298 g/mol. The normalized spacial score (nSPS) is 12.2. The lowest BCUT2D eigenvalue weighted by Gasteiger charge is -2.30. The fourth-order valence-corrected chi connectivity index (χ4v) is 1.45. The first-order valence-corrected chi connectivity index (χ1v) is 7.90. The highest BCUT2D eigenvalue weighted by Gasteiger charge is 2.22. The van der Waals surface area contributed by atoms with Crippen molar-refractivity contribution in [1.82, 2.24) is 4.90 Å². The highest BCUT2D eigenvalue weighted by atomic mass is 16.6. The van der Waals surface area contributed by atoms with Gasteiger partial charge >= 0.3 is 11.9 Å². The van der Waals surface area contributed by atoms with E-state index in [9.17, 15) is 14.4 Å². The first-order valence-electron chi connectivity index (χ1n) is 7.90. The largest absolute Gasteiger partial charge is 0.462 e. The Balaban J connectivity index is 3.85. The second-order valence-corrected chi connectivity index (χ2v) is 7.64. The summed E-state index contributed by atoms with van der Waals surface area (Å²) in [6, 6.07) is 0. The molecule has 0 fully saturated rings. The Kier molecular flexibility index (Phi) is 8.45. The van der Waals surface area contributed by atoms with Gasteiger partial charge in [0, 0.05) is 17.4 Å². The first-order chi connectivity index (χ1) is 10.3. The van der Waals surface area contributed by atoms with Crippen LogP contribution < -0.4 is 0 Å². The second kappa shape index (κ2) is 9.01. The summed E-state index contributed by atoms with van der Waals surface area (Å²) < 4.78 is 9.96. The van der Waals surface area contributed by atoms with Gasteiger partial charge in [0.2, 0.25) is 0 Å². The van der Waals surface area contributed by atoms with Gasteiger partial charge in [-0.05, 0) is 27.8 Å². The Morgan fingerprint density at radius 2 is 1.30 bits per heavy atom. The quantitative estimate of drug-likeness (QED) is 0.502. The molecule has 0 bridgehead atoms. The molecule has 0 aromatic heterocycles. The third-order valence-corrected chi connectivity index (χ3v) is 3.51. The van der Waals surface area contributed by atoms with Gasteiger partial charge in [0.05, 0.1) is 13.0 Å². The Morgan fingerprint density at radius 3 is 1.74 bits per heavy atom. The molecule has 0 N–H and O–H groups in total. The molecule has 0 radical (unpaired) electrons. The van der Waals surface area contributed by atoms with Gasteiger partial charge in [-0.15, -0.1) is 0 Å². The molecular formula is C17H31NO5. The number of nitrogens with zero attached hydrogens (tertiary/aromatic N) is 1. The van der Waals surface area contributed by atoms with E-state index in [-0.39, 0.29) is 49.9 Å². The zero-order valence-electron chi connectivity index (χ0n) is 15.5. The Hall–Kier alpha value is -1.43. The summed E-state index contributed by atoms with van der Waals surface area (Å²) >= 11 is 0. The van der Waals surface area contributed by atoms with Gasteiger partial charge in [0.15, 0.2) is 0 Å². The van der Waals surface area contributed by atoms with Crippen molar-refractivity contribution >= 4 is 17.7 Å². The minimum Gasteiger partial charge on any atom is -0.462 e. The van der Waals surface area contributed by atoms with Crippen LogP contribution in [0.2, 0.25) is 0 Å². The van der Waals surface area contributed by atoms with Crippen LogP contribution in [-0.2, 0) is 23.9 Å². The molecule has 23 heavy (non-hydrogen) atoms. The maximum absolute atomic E-state index is 11.7. The maximum atomic E-state index is 11.7. The molecule has 0 saturated heterocycles. The fourth-order valence-electron chi connectivity index (χ4n) is 1.45. The number of Topliss-reactive ketones (excluding diaryl/α,β-unsaturated/α-hetero) is 1. The van der Waals surface area contributed by atoms with E-state index < -0.39 is 11.4 Å². The standard InChI is InChI=1S/C17H31NO5/c1-16(2,3)13(19)8-9-14(20)22-10-11-23-15(21)12-18(7)17(4,5)6/h8-12H2,1-7H3. The van der Waals surface area contributed by atoms with Crippen molar-refractivity contribution in [2.45, 2.75) is 59.9 Å². The molecule has 0 heterocycles. The number of carbonyl (C=O) groups excluding carboxylic acids is 3. The van der Waals surface area contributed by atoms with E-state index in [2.05, 4.69) is 0 Å². The van der Waals surface area contributed by atoms with Crippen LogP contribution in [0.5, 0.6) is 0 Å². The number of rotatable bonds is 8. The van der Waals surface area contributed by atoms with Crippen LogP contribution in [0.1, 0.15) is 54.4 Å². The van der Waals surface area contributed by atoms with Crippen molar-refractivity contribution in [2.24, 2.45) is 5.41 Å². The lowest BCUT2D eigenvalue weighted by atomic mass is 9.88. The average molecular weight is 329 g/mol. The van der Waals surface area contributed by atoms with E-state index in [0.717, 1.165) is 0 Å². The summed E-state index contributed by atoms with van der Waals surface area (Å²) in [5.41, 5.74) is -0.569. The molecule has 134 valence electrons. The van der Waals surface area contributed by atoms with Gasteiger partial charge in [-0.25, -0.2) is 0 Å². The molecule has 0 aliphatic rings. The van der Waals surface area contributed by atoms with Crippen LogP contribution in [0.15, 0.2) is 0 Å². The number of ketones is 1. The molecule has 0 aromatic rings. The predicted octanol–water partition coefficient (Wildman–Crippen LogP) is 2.20. The predicted molar refractivity (Wildman–Crippen MR) is 88.0 cm³/mol. The molecule has 0 spiro atoms. The molecule has 0 atom stereocenters. The molecule has 0 unspecified atom stereocenters. The number of ether oxygens (including phenoxy) is 2. The van der Waals surface area contributed by atoms with Crippen molar-refractivity contribution in [3.8, 4) is 0 Å². The summed E-state index contributed by atoms with van der Waals surface area (Å²) in [6.07, 6.45) is 0.218. The van der Waals surface area contributed by atoms with Crippen LogP contribution in [0, 0.1) is 5.41 Å². The first kappa shape index (κ1) is 21.6. The van der Waals surface area contributed by atoms with E-state index in [0.29, 0.717) is 0 Å². The Bertz CT molecular complexity index is 418. The van der Waals surface area contributed by atoms with E-state index in [1.54, 1.807) is 0 Å². The number of likely N-dealkylation sites (N-methyl/N-ethyl adjacent to an activating group) is 1. The van der Waals surface area contributed by atoms with Gasteiger partial charge in [-0.1, -0.05) is 20.8 Å². The topological polar surface area (TPSA) is 72.9 Å². The summed E-state index contributed by atoms with van der Waals surface area (Å²) in [7, 11) is 1.84. The molecule has 0 aliphatic carbocycles. The van der Waals surface area contributed by atoms with Crippen LogP contribution in [-0.4, -0.2) is 55.0 Å². The van der Waals surface area contributed by atoms with E-state index in [1.807, 2.05) is 53.5 Å². The van der Waals surface area contributed by atoms with E-state index in [4.69, 9.17) is 9.47 Å². The van der Waals surface area contributed by atoms with E-state index in [1.165, 1.54) is 0 Å². The molecule has 0 saturated carbocycles. The molecule has 0 amide bonds. The third-order valence-electron chi connectivity index (χ3n) is 3.51. The molecule has 6 nitrogen and oxygen atoms in total. The summed E-state index contributed by atoms with van der Waals surface area (Å²) in [6.45, 7) is 11.7. The van der Waals surface area contributed by atoms with Crippen LogP contribution >= 0.6 is 0 Å². The maximum Gasteiger partial charge on any atom is 0.320 e. The van der Waals surface area contributed by atoms with Gasteiger partial charge in [0.1, 0.15) is 19.0 Å². The van der Waals surface area contributed by atoms with Gasteiger partial charge < -0.3 is 9.47 Å². The van der Waals surface area contributed by atoms with Crippen LogP contribution in [0.3, 0.4) is 0 Å². The Labute approximate surface area is 139 Å². The highest BCUT2D eigenvalue weighted by Crippen LogP contribution is 2.17. The second-order valence-electron chi connectivity index (χ2n) is 7.64. The van der Waals surface area contributed by atoms with Crippen molar-refractivity contribution in [3.05, 3.63) is 0 Å². The lowest BCUT2D eigenvalue weighted by Crippen LogP contribution is -2.41. The minimum absolute atomic E-state index is 0.00745. The number of carbonyl (C=O) groups is 3. The summed E-state index contributed by atoms with van der Waals surface area (Å²) in [4.78, 5) is 36.7. The third kappa shape index (κ3) is 10.0. The number of hydrogen-bond acceptors (Lipinski definition) is 6. The number of esters is 2. The molecule has 0 aliphatic heterocycles. The zero-order chi connectivity index (χ0) is 18.3. The van der Waals surface area contributed by atoms with Gasteiger partial charge in [0.25, 0.3) is 0 Å². The zero-order valence-corrected chi connectivity index (χ0v) is 15.5. The fraction of sp³-hybridized carbons (Fsp3) is 0.824. The summed E-state index contributed by atoms with van der Waals surface area (Å²) in [5.74, 6) is -0.794. The molecule has 0 rings (SSSR count). The smallest absolute Gasteiger partial charge is 0.320 e. The van der Waals surface area contributed by atoms with Gasteiger partial charge in [-0.2, -0.15) is 0 Å². The van der Waals surface area contributed by atoms with Crippen molar-refractivity contribution in [1.29, 1.82) is 0 Å². The minimum atomic E-state index is -0.453. The SMILES string of the molecule is CN(CC(=O)OCCOC(=O)CCC(=O)C(C)(C)C)C(C)(C)C. The van der Waals surface area contributed by atoms with Crippen molar-refractivity contribution in [3.63, 3.8) is 0 Å². The Morgan fingerprint density at radius 1 is 0.826 bits per heavy atom. The van der Waals surface area contributed by atoms with Crippen molar-refractivity contribution in [2.75, 3.05) is 26.8 Å². The van der Waals surface area contributed by atoms with E-state index >= 15 is 0 Å².